The van der Waals surface area contributed by atoms with Crippen LogP contribution in [0.4, 0.5) is 13.2 Å². The van der Waals surface area contributed by atoms with E-state index in [1.165, 1.54) is 13.0 Å². The number of fused-ring (bicyclic) bond motifs is 1. The van der Waals surface area contributed by atoms with Crippen molar-refractivity contribution in [1.29, 1.82) is 5.26 Å². The zero-order chi connectivity index (χ0) is 25.1. The molecule has 1 unspecified atom stereocenters. The number of amides is 1. The minimum absolute atomic E-state index is 0.0114. The third-order valence-electron chi connectivity index (χ3n) is 4.76. The Morgan fingerprint density at radius 1 is 1.29 bits per heavy atom. The van der Waals surface area contributed by atoms with Crippen LogP contribution in [0.1, 0.15) is 36.7 Å². The van der Waals surface area contributed by atoms with Crippen LogP contribution >= 0.6 is 0 Å². The zero-order valence-corrected chi connectivity index (χ0v) is 18.7. The van der Waals surface area contributed by atoms with Crippen molar-refractivity contribution in [2.45, 2.75) is 45.4 Å². The molecule has 3 rings (SSSR count). The summed E-state index contributed by atoms with van der Waals surface area (Å²) in [6, 6.07) is 7.69. The molecular formula is C22H22BF3N2O6. The van der Waals surface area contributed by atoms with E-state index in [9.17, 15) is 28.3 Å². The van der Waals surface area contributed by atoms with Crippen molar-refractivity contribution < 1.29 is 41.9 Å². The number of phenols is 1. The van der Waals surface area contributed by atoms with Gasteiger partial charge in [0.05, 0.1) is 18.8 Å². The number of nitrogens with zero attached hydrogens (tertiary/aromatic N) is 1. The molecule has 2 aromatic carbocycles. The fourth-order valence-corrected chi connectivity index (χ4v) is 3.21. The van der Waals surface area contributed by atoms with Crippen molar-refractivity contribution in [3.63, 3.8) is 0 Å². The second-order valence-electron chi connectivity index (χ2n) is 8.11. The number of hydrogen-bond donors (Lipinski definition) is 2. The summed E-state index contributed by atoms with van der Waals surface area (Å²) in [5.74, 6) is -1.08. The normalized spacial score (nSPS) is 14.4. The quantitative estimate of drug-likeness (QED) is 0.562. The Balaban J connectivity index is 1.75. The summed E-state index contributed by atoms with van der Waals surface area (Å²) >= 11 is 0. The molecule has 1 amide bonds. The van der Waals surface area contributed by atoms with Gasteiger partial charge in [-0.15, -0.1) is 13.2 Å². The van der Waals surface area contributed by atoms with Crippen LogP contribution in [0.15, 0.2) is 30.3 Å². The Morgan fingerprint density at radius 2 is 1.97 bits per heavy atom. The van der Waals surface area contributed by atoms with Gasteiger partial charge in [0.2, 0.25) is 5.75 Å². The topological polar surface area (TPSA) is 110 Å². The molecule has 2 aromatic rings. The van der Waals surface area contributed by atoms with Gasteiger partial charge in [-0.2, -0.15) is 5.26 Å². The largest absolute Gasteiger partial charge is 0.573 e. The smallest absolute Gasteiger partial charge is 0.504 e. The van der Waals surface area contributed by atoms with Gasteiger partial charge in [-0.3, -0.25) is 4.79 Å². The molecule has 0 saturated heterocycles. The summed E-state index contributed by atoms with van der Waals surface area (Å²) in [5.41, 5.74) is -0.0487. The fourth-order valence-electron chi connectivity index (χ4n) is 3.21. The first kappa shape index (κ1) is 25.0. The number of nitriles is 1. The molecule has 2 N–H and O–H groups in total. The van der Waals surface area contributed by atoms with Crippen LogP contribution in [-0.4, -0.2) is 43.1 Å². The number of phenolic OH excluding ortho intramolecular Hbond substituents is 1. The summed E-state index contributed by atoms with van der Waals surface area (Å²) in [5, 5.41) is 22.6. The van der Waals surface area contributed by atoms with Crippen molar-refractivity contribution in [2.24, 2.45) is 0 Å². The minimum Gasteiger partial charge on any atom is -0.504 e. The van der Waals surface area contributed by atoms with Gasteiger partial charge in [0, 0.05) is 5.56 Å². The van der Waals surface area contributed by atoms with E-state index < -0.39 is 23.6 Å². The van der Waals surface area contributed by atoms with E-state index >= 15 is 0 Å². The molecule has 0 spiro atoms. The molecule has 1 aliphatic heterocycles. The Kier molecular flexibility index (Phi) is 7.16. The molecule has 1 atom stereocenters. The van der Waals surface area contributed by atoms with E-state index in [1.54, 1.807) is 13.8 Å². The molecule has 8 nitrogen and oxygen atoms in total. The number of carbonyl (C=O) groups is 1. The van der Waals surface area contributed by atoms with Crippen molar-refractivity contribution in [3.8, 4) is 29.1 Å². The lowest BCUT2D eigenvalue weighted by atomic mass is 9.85. The van der Waals surface area contributed by atoms with E-state index in [-0.39, 0.29) is 37.3 Å². The van der Waals surface area contributed by atoms with Gasteiger partial charge in [-0.05, 0) is 62.1 Å². The third-order valence-corrected chi connectivity index (χ3v) is 4.76. The standard InChI is InChI=1S/C22H22BF3N2O6/c1-12(2)33-19-17-14(9-32-23-17)8-16(29)18(19)31-11-21(3,10-27)28-20(30)13-4-6-15(7-5-13)34-22(24,25)26/h4-8,12,23,29H,9,11H2,1-3H3,(H,28,30). The maximum Gasteiger partial charge on any atom is 0.573 e. The number of alkyl halides is 3. The van der Waals surface area contributed by atoms with Gasteiger partial charge < -0.3 is 29.3 Å². The van der Waals surface area contributed by atoms with Crippen molar-refractivity contribution in [1.82, 2.24) is 5.32 Å². The highest BCUT2D eigenvalue weighted by Crippen LogP contribution is 2.39. The highest BCUT2D eigenvalue weighted by atomic mass is 19.4. The number of ether oxygens (including phenoxy) is 3. The first-order valence-electron chi connectivity index (χ1n) is 10.3. The number of aromatic hydroxyl groups is 1. The highest BCUT2D eigenvalue weighted by molar-refractivity contribution is 6.50. The predicted octanol–water partition coefficient (Wildman–Crippen LogP) is 2.68. The lowest BCUT2D eigenvalue weighted by Gasteiger charge is -2.25. The highest BCUT2D eigenvalue weighted by Gasteiger charge is 2.33. The number of halogens is 3. The second kappa shape index (κ2) is 9.73. The summed E-state index contributed by atoms with van der Waals surface area (Å²) in [7, 11) is 0.272. The van der Waals surface area contributed by atoms with Crippen LogP contribution in [-0.2, 0) is 11.3 Å². The lowest BCUT2D eigenvalue weighted by Crippen LogP contribution is -2.49. The van der Waals surface area contributed by atoms with E-state index in [0.717, 1.165) is 35.3 Å². The maximum absolute atomic E-state index is 12.6. The van der Waals surface area contributed by atoms with Crippen molar-refractivity contribution >= 4 is 18.9 Å². The van der Waals surface area contributed by atoms with E-state index in [2.05, 4.69) is 10.1 Å². The molecule has 0 aliphatic carbocycles. The number of rotatable bonds is 8. The molecule has 180 valence electrons. The molecule has 12 heteroatoms. The number of carbonyl (C=O) groups excluding carboxylic acids is 1. The Morgan fingerprint density at radius 3 is 2.56 bits per heavy atom. The van der Waals surface area contributed by atoms with E-state index in [1.807, 2.05) is 6.07 Å². The number of nitrogens with one attached hydrogen (secondary N) is 1. The van der Waals surface area contributed by atoms with E-state index in [0.29, 0.717) is 12.4 Å². The average Bonchev–Trinajstić information content (AvgIpc) is 3.20. The van der Waals surface area contributed by atoms with Crippen LogP contribution in [0.5, 0.6) is 23.0 Å². The molecule has 0 fully saturated rings. The fraction of sp³-hybridized carbons (Fsp3) is 0.364. The van der Waals surface area contributed by atoms with Crippen molar-refractivity contribution in [2.75, 3.05) is 6.61 Å². The molecular weight excluding hydrogens is 456 g/mol. The Hall–Kier alpha value is -3.59. The first-order valence-corrected chi connectivity index (χ1v) is 10.3. The molecule has 0 aromatic heterocycles. The number of benzene rings is 2. The maximum atomic E-state index is 12.6. The van der Waals surface area contributed by atoms with Gasteiger partial charge in [0.1, 0.15) is 12.4 Å². The van der Waals surface area contributed by atoms with Crippen molar-refractivity contribution in [3.05, 3.63) is 41.5 Å². The summed E-state index contributed by atoms with van der Waals surface area (Å²) in [6.07, 6.45) is -5.09. The molecule has 1 aliphatic rings. The minimum atomic E-state index is -4.85. The number of hydrogen-bond acceptors (Lipinski definition) is 7. The molecule has 0 bridgehead atoms. The lowest BCUT2D eigenvalue weighted by molar-refractivity contribution is -0.274. The zero-order valence-electron chi connectivity index (χ0n) is 18.7. The van der Waals surface area contributed by atoms with Gasteiger partial charge in [0.25, 0.3) is 5.91 Å². The monoisotopic (exact) mass is 478 g/mol. The Bertz CT molecular complexity index is 1100. The van der Waals surface area contributed by atoms with Gasteiger partial charge in [-0.25, -0.2) is 0 Å². The summed E-state index contributed by atoms with van der Waals surface area (Å²) < 4.78 is 57.7. The van der Waals surface area contributed by atoms with Crippen LogP contribution in [0, 0.1) is 11.3 Å². The molecule has 1 heterocycles. The van der Waals surface area contributed by atoms with Gasteiger partial charge >= 0.3 is 13.8 Å². The summed E-state index contributed by atoms with van der Waals surface area (Å²) in [6.45, 7) is 4.98. The molecule has 34 heavy (non-hydrogen) atoms. The Labute approximate surface area is 194 Å². The molecule has 0 saturated carbocycles. The van der Waals surface area contributed by atoms with Gasteiger partial charge in [0.15, 0.2) is 17.0 Å². The van der Waals surface area contributed by atoms with Gasteiger partial charge in [-0.1, -0.05) is 0 Å². The first-order chi connectivity index (χ1) is 15.9. The summed E-state index contributed by atoms with van der Waals surface area (Å²) in [4.78, 5) is 12.6. The SMILES string of the molecule is CC(C)Oc1c2c(cc(O)c1OCC(C)(C#N)NC(=O)c1ccc(OC(F)(F)F)cc1)COB2. The average molecular weight is 478 g/mol. The van der Waals surface area contributed by atoms with Crippen LogP contribution < -0.4 is 25.0 Å². The second-order valence-corrected chi connectivity index (χ2v) is 8.11. The third kappa shape index (κ3) is 6.05. The molecule has 0 radical (unpaired) electrons. The van der Waals surface area contributed by atoms with E-state index in [4.69, 9.17) is 14.1 Å². The van der Waals surface area contributed by atoms with Crippen LogP contribution in [0.3, 0.4) is 0 Å². The van der Waals surface area contributed by atoms with Crippen LogP contribution in [0.25, 0.3) is 0 Å². The predicted molar refractivity (Wildman–Crippen MR) is 116 cm³/mol. The van der Waals surface area contributed by atoms with Crippen LogP contribution in [0.2, 0.25) is 0 Å².